The van der Waals surface area contributed by atoms with E-state index in [1.165, 1.54) is 0 Å². The molecule has 15 heavy (non-hydrogen) atoms. The molecule has 2 unspecified atom stereocenters. The van der Waals surface area contributed by atoms with Crippen LogP contribution in [-0.4, -0.2) is 20.7 Å². The van der Waals surface area contributed by atoms with Gasteiger partial charge in [-0.3, -0.25) is 4.98 Å². The summed E-state index contributed by atoms with van der Waals surface area (Å²) in [5.74, 6) is 0. The maximum Gasteiger partial charge on any atom is 0.142 e. The zero-order valence-electron chi connectivity index (χ0n) is 8.68. The van der Waals surface area contributed by atoms with Crippen LogP contribution in [0.1, 0.15) is 26.0 Å². The van der Waals surface area contributed by atoms with Gasteiger partial charge in [-0.05, 0) is 41.4 Å². The second-order valence-corrected chi connectivity index (χ2v) is 5.61. The number of halogens is 1. The monoisotopic (exact) mass is 288 g/mol. The van der Waals surface area contributed by atoms with Crippen molar-refractivity contribution < 1.29 is 4.21 Å². The molecule has 0 amide bonds. The van der Waals surface area contributed by atoms with Crippen molar-refractivity contribution in [1.29, 1.82) is 0 Å². The van der Waals surface area contributed by atoms with E-state index >= 15 is 0 Å². The van der Waals surface area contributed by atoms with Crippen molar-refractivity contribution >= 4 is 33.1 Å². The molecule has 0 saturated heterocycles. The number of rotatable bonds is 4. The third-order valence-corrected chi connectivity index (χ3v) is 3.76. The van der Waals surface area contributed by atoms with Crippen LogP contribution in [0.25, 0.3) is 0 Å². The lowest BCUT2D eigenvalue weighted by Crippen LogP contribution is -2.06. The number of hydrogen-bond acceptors (Lipinski definition) is 2. The summed E-state index contributed by atoms with van der Waals surface area (Å²) in [4.78, 5) is 4.10. The van der Waals surface area contributed by atoms with Gasteiger partial charge in [-0.1, -0.05) is 6.92 Å². The summed E-state index contributed by atoms with van der Waals surface area (Å²) in [6.45, 7) is 3.92. The molecule has 0 spiro atoms. The van der Waals surface area contributed by atoms with E-state index in [0.717, 1.165) is 16.6 Å². The molecule has 1 aromatic heterocycles. The van der Waals surface area contributed by atoms with Crippen molar-refractivity contribution in [3.8, 4) is 0 Å². The van der Waals surface area contributed by atoms with Gasteiger partial charge in [0.25, 0.3) is 0 Å². The van der Waals surface area contributed by atoms with Gasteiger partial charge < -0.3 is 0 Å². The molecular weight excluding hydrogens is 276 g/mol. The van der Waals surface area contributed by atoms with Crippen LogP contribution in [0.2, 0.25) is 0 Å². The van der Waals surface area contributed by atoms with E-state index < -0.39 is 11.0 Å². The molecule has 0 N–H and O–H groups in total. The van der Waals surface area contributed by atoms with E-state index in [9.17, 15) is 4.21 Å². The van der Waals surface area contributed by atoms with Crippen molar-refractivity contribution in [3.63, 3.8) is 0 Å². The molecule has 1 aromatic rings. The predicted molar refractivity (Wildman–Crippen MR) is 67.4 cm³/mol. The number of aromatic nitrogens is 1. The first-order valence-corrected chi connectivity index (χ1v) is 6.66. The molecule has 0 aromatic carbocycles. The summed E-state index contributed by atoms with van der Waals surface area (Å²) in [6.07, 6.45) is 4.10. The molecule has 0 saturated carbocycles. The van der Waals surface area contributed by atoms with E-state index in [2.05, 4.69) is 25.3 Å². The Balaban J connectivity index is 2.65. The Morgan fingerprint density at radius 1 is 1.67 bits per heavy atom. The fraction of sp³-hybridized carbons (Fsp3) is 0.400. The Bertz CT molecular complexity index is 364. The van der Waals surface area contributed by atoms with Crippen molar-refractivity contribution in [3.05, 3.63) is 28.5 Å². The fourth-order valence-electron chi connectivity index (χ4n) is 0.816. The highest BCUT2D eigenvalue weighted by Crippen LogP contribution is 2.07. The van der Waals surface area contributed by atoms with Gasteiger partial charge in [0.2, 0.25) is 0 Å². The number of hydrogen-bond donors (Lipinski definition) is 0. The summed E-state index contributed by atoms with van der Waals surface area (Å²) in [7, 11) is -1.15. The summed E-state index contributed by atoms with van der Waals surface area (Å²) in [6, 6.07) is 3.70. The molecule has 1 rings (SSSR count). The Kier molecular flexibility index (Phi) is 5.11. The van der Waals surface area contributed by atoms with Crippen LogP contribution in [0.4, 0.5) is 0 Å². The predicted octanol–water partition coefficient (Wildman–Crippen LogP) is 2.73. The first-order valence-electron chi connectivity index (χ1n) is 4.69. The molecule has 5 heteroatoms. The van der Waals surface area contributed by atoms with Crippen LogP contribution in [0.15, 0.2) is 27.2 Å². The summed E-state index contributed by atoms with van der Waals surface area (Å²) >= 11 is 3.29. The second kappa shape index (κ2) is 6.12. The van der Waals surface area contributed by atoms with Gasteiger partial charge in [0.05, 0.1) is 17.2 Å². The average molecular weight is 289 g/mol. The van der Waals surface area contributed by atoms with E-state index in [1.54, 1.807) is 12.4 Å². The van der Waals surface area contributed by atoms with Crippen LogP contribution < -0.4 is 0 Å². The molecule has 0 aliphatic heterocycles. The van der Waals surface area contributed by atoms with Gasteiger partial charge in [-0.25, -0.2) is 4.21 Å². The highest BCUT2D eigenvalue weighted by molar-refractivity contribution is 9.10. The fourth-order valence-corrected chi connectivity index (χ4v) is 1.76. The Morgan fingerprint density at radius 3 is 2.93 bits per heavy atom. The van der Waals surface area contributed by atoms with E-state index in [4.69, 9.17) is 0 Å². The third kappa shape index (κ3) is 4.22. The number of nitrogens with zero attached hydrogens (tertiary/aromatic N) is 2. The van der Waals surface area contributed by atoms with Gasteiger partial charge in [0.1, 0.15) is 11.0 Å². The van der Waals surface area contributed by atoms with Gasteiger partial charge in [0.15, 0.2) is 0 Å². The van der Waals surface area contributed by atoms with E-state index in [0.29, 0.717) is 0 Å². The topological polar surface area (TPSA) is 42.3 Å². The zero-order valence-corrected chi connectivity index (χ0v) is 11.1. The molecule has 82 valence electrons. The average Bonchev–Trinajstić information content (AvgIpc) is 2.26. The molecule has 2 atom stereocenters. The summed E-state index contributed by atoms with van der Waals surface area (Å²) in [5, 5.41) is 0.0942. The van der Waals surface area contributed by atoms with Gasteiger partial charge in [-0.2, -0.15) is 4.40 Å². The molecule has 1 heterocycles. The number of pyridine rings is 1. The summed E-state index contributed by atoms with van der Waals surface area (Å²) < 4.78 is 16.4. The normalized spacial score (nSPS) is 15.4. The molecule has 0 fully saturated rings. The van der Waals surface area contributed by atoms with Crippen molar-refractivity contribution in [2.24, 2.45) is 4.40 Å². The maximum atomic E-state index is 11.5. The SMILES string of the molecule is CCC(C)S(=O)N=Cc1ccc(Br)cn1. The molecule has 0 aliphatic carbocycles. The quantitative estimate of drug-likeness (QED) is 0.800. The molecule has 3 nitrogen and oxygen atoms in total. The first-order chi connectivity index (χ1) is 7.13. The van der Waals surface area contributed by atoms with Crippen LogP contribution in [0.5, 0.6) is 0 Å². The highest BCUT2D eigenvalue weighted by Gasteiger charge is 2.05. The minimum absolute atomic E-state index is 0.0942. The minimum atomic E-state index is -1.15. The summed E-state index contributed by atoms with van der Waals surface area (Å²) in [5.41, 5.74) is 0.717. The Labute approximate surface area is 101 Å². The molecule has 0 aliphatic rings. The third-order valence-electron chi connectivity index (χ3n) is 1.96. The van der Waals surface area contributed by atoms with Gasteiger partial charge in [0, 0.05) is 10.7 Å². The van der Waals surface area contributed by atoms with E-state index in [1.807, 2.05) is 26.0 Å². The van der Waals surface area contributed by atoms with Crippen molar-refractivity contribution in [2.75, 3.05) is 0 Å². The lowest BCUT2D eigenvalue weighted by atomic mass is 10.4. The van der Waals surface area contributed by atoms with Crippen LogP contribution in [0, 0.1) is 0 Å². The minimum Gasteiger partial charge on any atom is -0.254 e. The van der Waals surface area contributed by atoms with E-state index in [-0.39, 0.29) is 5.25 Å². The van der Waals surface area contributed by atoms with Crippen LogP contribution in [-0.2, 0) is 11.0 Å². The smallest absolute Gasteiger partial charge is 0.142 e. The standard InChI is InChI=1S/C10H13BrN2OS/c1-3-8(2)15(14)13-7-10-5-4-9(11)6-12-10/h4-8H,3H2,1-2H3. The van der Waals surface area contributed by atoms with Gasteiger partial charge >= 0.3 is 0 Å². The lowest BCUT2D eigenvalue weighted by molar-refractivity contribution is 0.672. The van der Waals surface area contributed by atoms with Crippen LogP contribution >= 0.6 is 15.9 Å². The largest absolute Gasteiger partial charge is 0.254 e. The first kappa shape index (κ1) is 12.5. The Hall–Kier alpha value is -0.550. The molecule has 0 radical (unpaired) electrons. The van der Waals surface area contributed by atoms with Crippen molar-refractivity contribution in [1.82, 2.24) is 4.98 Å². The maximum absolute atomic E-state index is 11.5. The van der Waals surface area contributed by atoms with Gasteiger partial charge in [-0.15, -0.1) is 0 Å². The second-order valence-electron chi connectivity index (χ2n) is 3.13. The lowest BCUT2D eigenvalue weighted by Gasteiger charge is -2.01. The molecular formula is C10H13BrN2OS. The Morgan fingerprint density at radius 2 is 2.40 bits per heavy atom. The van der Waals surface area contributed by atoms with Crippen LogP contribution in [0.3, 0.4) is 0 Å². The molecule has 0 bridgehead atoms. The van der Waals surface area contributed by atoms with Crippen molar-refractivity contribution in [2.45, 2.75) is 25.5 Å². The zero-order chi connectivity index (χ0) is 11.3. The highest BCUT2D eigenvalue weighted by atomic mass is 79.9.